The Morgan fingerprint density at radius 1 is 1.21 bits per heavy atom. The number of hydrazone groups is 1. The number of fused-ring (bicyclic) bond motifs is 1. The van der Waals surface area contributed by atoms with Crippen LogP contribution in [0.4, 0.5) is 5.95 Å². The first-order chi connectivity index (χ1) is 14.0. The van der Waals surface area contributed by atoms with Crippen molar-refractivity contribution in [2.75, 3.05) is 5.43 Å². The molecule has 0 aliphatic heterocycles. The lowest BCUT2D eigenvalue weighted by molar-refractivity contribution is 0.362. The van der Waals surface area contributed by atoms with E-state index in [9.17, 15) is 9.59 Å². The maximum absolute atomic E-state index is 12.6. The summed E-state index contributed by atoms with van der Waals surface area (Å²) < 4.78 is 3.27. The summed E-state index contributed by atoms with van der Waals surface area (Å²) in [5, 5.41) is 5.13. The molecule has 1 fully saturated rings. The number of hydrogen-bond donors (Lipinski definition) is 2. The molecule has 4 rings (SSSR count). The van der Waals surface area contributed by atoms with Crippen molar-refractivity contribution in [3.63, 3.8) is 0 Å². The number of hydrogen-bond acceptors (Lipinski definition) is 5. The molecule has 152 valence electrons. The Bertz CT molecular complexity index is 1180. The minimum absolute atomic E-state index is 0.140. The zero-order chi connectivity index (χ0) is 20.5. The molecule has 1 aliphatic carbocycles. The molecular weight excluding hydrogens is 392 g/mol. The van der Waals surface area contributed by atoms with Crippen molar-refractivity contribution in [2.24, 2.45) is 12.1 Å². The second-order valence-corrected chi connectivity index (χ2v) is 7.84. The SMILES string of the molecule is CC(=NNc1nc2c(c(=O)[nH]c(=O)n2C)n1C1CCCCC1)c1ccc(Cl)cc1. The van der Waals surface area contributed by atoms with Crippen molar-refractivity contribution < 1.29 is 0 Å². The normalized spacial score (nSPS) is 15.8. The lowest BCUT2D eigenvalue weighted by atomic mass is 9.95. The highest BCUT2D eigenvalue weighted by molar-refractivity contribution is 6.30. The van der Waals surface area contributed by atoms with Crippen LogP contribution in [0.1, 0.15) is 50.6 Å². The van der Waals surface area contributed by atoms with Gasteiger partial charge in [-0.05, 0) is 37.5 Å². The standard InChI is InChI=1S/C20H23ClN6O2/c1-12(13-8-10-14(21)11-9-13)24-25-19-22-17-16(18(28)23-20(29)26(17)2)27(19)15-6-4-3-5-7-15/h8-11,15H,3-7H2,1-2H3,(H,22,25)(H,23,28,29). The van der Waals surface area contributed by atoms with Crippen molar-refractivity contribution >= 4 is 34.4 Å². The number of H-pyrrole nitrogens is 1. The number of benzene rings is 1. The largest absolute Gasteiger partial charge is 0.329 e. The highest BCUT2D eigenvalue weighted by Crippen LogP contribution is 2.33. The maximum Gasteiger partial charge on any atom is 0.329 e. The molecule has 0 spiro atoms. The summed E-state index contributed by atoms with van der Waals surface area (Å²) in [5.41, 5.74) is 4.56. The highest BCUT2D eigenvalue weighted by Gasteiger charge is 2.24. The first kappa shape index (κ1) is 19.4. The quantitative estimate of drug-likeness (QED) is 0.505. The van der Waals surface area contributed by atoms with E-state index in [1.165, 1.54) is 11.0 Å². The van der Waals surface area contributed by atoms with Crippen molar-refractivity contribution in [3.8, 4) is 0 Å². The Morgan fingerprint density at radius 2 is 1.90 bits per heavy atom. The molecule has 29 heavy (non-hydrogen) atoms. The fraction of sp³-hybridized carbons (Fsp3) is 0.400. The van der Waals surface area contributed by atoms with Crippen LogP contribution >= 0.6 is 11.6 Å². The third-order valence-electron chi connectivity index (χ3n) is 5.48. The van der Waals surface area contributed by atoms with Crippen LogP contribution in [0.15, 0.2) is 39.0 Å². The lowest BCUT2D eigenvalue weighted by Crippen LogP contribution is -2.30. The fourth-order valence-corrected chi connectivity index (χ4v) is 3.99. The van der Waals surface area contributed by atoms with Gasteiger partial charge in [0.2, 0.25) is 5.95 Å². The Balaban J connectivity index is 1.80. The predicted molar refractivity (Wildman–Crippen MR) is 115 cm³/mol. The summed E-state index contributed by atoms with van der Waals surface area (Å²) in [6.45, 7) is 1.88. The van der Waals surface area contributed by atoms with Crippen molar-refractivity contribution in [1.29, 1.82) is 0 Å². The van der Waals surface area contributed by atoms with Gasteiger partial charge in [-0.2, -0.15) is 10.1 Å². The molecule has 3 aromatic rings. The second kappa shape index (κ2) is 7.87. The average Bonchev–Trinajstić information content (AvgIpc) is 3.12. The number of nitrogens with zero attached hydrogens (tertiary/aromatic N) is 4. The zero-order valence-corrected chi connectivity index (χ0v) is 17.2. The van der Waals surface area contributed by atoms with Gasteiger partial charge in [0.15, 0.2) is 11.2 Å². The van der Waals surface area contributed by atoms with Crippen LogP contribution in [0, 0.1) is 0 Å². The van der Waals surface area contributed by atoms with E-state index in [1.807, 2.05) is 35.8 Å². The summed E-state index contributed by atoms with van der Waals surface area (Å²) in [5.74, 6) is 0.465. The number of imidazole rings is 1. The first-order valence-electron chi connectivity index (χ1n) is 9.73. The Kier molecular flexibility index (Phi) is 5.27. The molecule has 1 saturated carbocycles. The lowest BCUT2D eigenvalue weighted by Gasteiger charge is -2.24. The van der Waals surface area contributed by atoms with Gasteiger partial charge < -0.3 is 0 Å². The number of aromatic nitrogens is 4. The molecular formula is C20H23ClN6O2. The number of anilines is 1. The smallest absolute Gasteiger partial charge is 0.300 e. The molecule has 2 N–H and O–H groups in total. The monoisotopic (exact) mass is 414 g/mol. The molecule has 0 amide bonds. The van der Waals surface area contributed by atoms with Crippen molar-refractivity contribution in [2.45, 2.75) is 45.1 Å². The van der Waals surface area contributed by atoms with Gasteiger partial charge in [0, 0.05) is 18.1 Å². The fourth-order valence-electron chi connectivity index (χ4n) is 3.87. The van der Waals surface area contributed by atoms with Crippen LogP contribution in [0.5, 0.6) is 0 Å². The topological polar surface area (TPSA) is 97.1 Å². The number of aromatic amines is 1. The second-order valence-electron chi connectivity index (χ2n) is 7.40. The minimum atomic E-state index is -0.483. The molecule has 0 bridgehead atoms. The van der Waals surface area contributed by atoms with E-state index in [0.29, 0.717) is 22.1 Å². The molecule has 0 saturated heterocycles. The number of aryl methyl sites for hydroxylation is 1. The van der Waals surface area contributed by atoms with Gasteiger partial charge in [0.1, 0.15) is 0 Å². The van der Waals surface area contributed by atoms with E-state index in [-0.39, 0.29) is 6.04 Å². The summed E-state index contributed by atoms with van der Waals surface area (Å²) in [6.07, 6.45) is 5.31. The summed E-state index contributed by atoms with van der Waals surface area (Å²) in [4.78, 5) is 31.6. The van der Waals surface area contributed by atoms with Crippen LogP contribution in [-0.2, 0) is 7.05 Å². The maximum atomic E-state index is 12.6. The summed E-state index contributed by atoms with van der Waals surface area (Å²) >= 11 is 5.95. The third kappa shape index (κ3) is 3.72. The molecule has 2 heterocycles. The third-order valence-corrected chi connectivity index (χ3v) is 5.73. The van der Waals surface area contributed by atoms with E-state index < -0.39 is 11.2 Å². The van der Waals surface area contributed by atoms with E-state index in [1.54, 1.807) is 7.05 Å². The van der Waals surface area contributed by atoms with Gasteiger partial charge in [-0.15, -0.1) is 0 Å². The highest BCUT2D eigenvalue weighted by atomic mass is 35.5. The summed E-state index contributed by atoms with van der Waals surface area (Å²) in [7, 11) is 1.60. The molecule has 1 aliphatic rings. The number of rotatable bonds is 4. The van der Waals surface area contributed by atoms with Crippen LogP contribution in [-0.4, -0.2) is 24.8 Å². The van der Waals surface area contributed by atoms with E-state index in [2.05, 4.69) is 20.5 Å². The minimum Gasteiger partial charge on any atom is -0.300 e. The van der Waals surface area contributed by atoms with Crippen LogP contribution in [0.2, 0.25) is 5.02 Å². The predicted octanol–water partition coefficient (Wildman–Crippen LogP) is 3.42. The van der Waals surface area contributed by atoms with Crippen molar-refractivity contribution in [1.82, 2.24) is 19.1 Å². The molecule has 8 nitrogen and oxygen atoms in total. The Hall–Kier alpha value is -2.87. The summed E-state index contributed by atoms with van der Waals surface area (Å²) in [6, 6.07) is 7.54. The van der Waals surface area contributed by atoms with Crippen LogP contribution < -0.4 is 16.7 Å². The van der Waals surface area contributed by atoms with E-state index in [0.717, 1.165) is 37.0 Å². The first-order valence-corrected chi connectivity index (χ1v) is 10.1. The number of halogens is 1. The number of nitrogens with one attached hydrogen (secondary N) is 2. The molecule has 1 aromatic carbocycles. The molecule has 0 radical (unpaired) electrons. The molecule has 9 heteroatoms. The molecule has 0 unspecified atom stereocenters. The van der Waals surface area contributed by atoms with Crippen LogP contribution in [0.3, 0.4) is 0 Å². The van der Waals surface area contributed by atoms with Gasteiger partial charge in [-0.3, -0.25) is 18.9 Å². The van der Waals surface area contributed by atoms with E-state index >= 15 is 0 Å². The van der Waals surface area contributed by atoms with E-state index in [4.69, 9.17) is 11.6 Å². The zero-order valence-electron chi connectivity index (χ0n) is 16.4. The average molecular weight is 415 g/mol. The molecule has 2 aromatic heterocycles. The van der Waals surface area contributed by atoms with Crippen molar-refractivity contribution in [3.05, 3.63) is 55.7 Å². The van der Waals surface area contributed by atoms with Gasteiger partial charge in [-0.25, -0.2) is 10.2 Å². The van der Waals surface area contributed by atoms with Crippen LogP contribution in [0.25, 0.3) is 11.2 Å². The van der Waals surface area contributed by atoms with Gasteiger partial charge >= 0.3 is 5.69 Å². The molecule has 0 atom stereocenters. The Labute approximate surface area is 172 Å². The van der Waals surface area contributed by atoms with Gasteiger partial charge in [-0.1, -0.05) is 43.0 Å². The van der Waals surface area contributed by atoms with Gasteiger partial charge in [0.25, 0.3) is 5.56 Å². The Morgan fingerprint density at radius 3 is 2.59 bits per heavy atom. The van der Waals surface area contributed by atoms with Gasteiger partial charge in [0.05, 0.1) is 5.71 Å².